The van der Waals surface area contributed by atoms with Gasteiger partial charge in [-0.3, -0.25) is 4.79 Å². The fraction of sp³-hybridized carbons (Fsp3) is 0.261. The third kappa shape index (κ3) is 4.63. The van der Waals surface area contributed by atoms with Gasteiger partial charge in [0.1, 0.15) is 5.75 Å². The van der Waals surface area contributed by atoms with Crippen molar-refractivity contribution in [1.29, 1.82) is 0 Å². The summed E-state index contributed by atoms with van der Waals surface area (Å²) >= 11 is 6.50. The largest absolute Gasteiger partial charge is 0.497 e. The Balaban J connectivity index is 2.08. The standard InChI is InChI=1S/C23H26ClN3O2/c1-16-19(23(28)25-13-14-26(2)3)15-22(17-9-11-18(29-4)12-10-17)27(16)21-8-6-5-7-20(21)24/h5-12,15H,13-14H2,1-4H3,(H,25,28)/p+1. The fourth-order valence-electron chi connectivity index (χ4n) is 3.28. The number of carbonyl (C=O) groups is 1. The number of ether oxygens (including phenoxy) is 1. The first-order chi connectivity index (χ1) is 13.9. The number of quaternary nitrogens is 1. The minimum absolute atomic E-state index is 0.0793. The van der Waals surface area contributed by atoms with E-state index >= 15 is 0 Å². The Hall–Kier alpha value is -2.76. The minimum atomic E-state index is -0.0793. The van der Waals surface area contributed by atoms with E-state index in [4.69, 9.17) is 16.3 Å². The number of nitrogens with one attached hydrogen (secondary N) is 2. The number of nitrogens with zero attached hydrogens (tertiary/aromatic N) is 1. The van der Waals surface area contributed by atoms with Crippen LogP contribution in [0.2, 0.25) is 5.02 Å². The molecule has 0 fully saturated rings. The summed E-state index contributed by atoms with van der Waals surface area (Å²) < 4.78 is 7.31. The second-order valence-corrected chi connectivity index (χ2v) is 7.66. The maximum Gasteiger partial charge on any atom is 0.253 e. The lowest BCUT2D eigenvalue weighted by atomic mass is 10.1. The number of carbonyl (C=O) groups excluding carboxylic acids is 1. The number of rotatable bonds is 7. The van der Waals surface area contributed by atoms with Crippen LogP contribution < -0.4 is 15.0 Å². The van der Waals surface area contributed by atoms with Crippen molar-refractivity contribution in [3.63, 3.8) is 0 Å². The van der Waals surface area contributed by atoms with Gasteiger partial charge in [0, 0.05) is 5.69 Å². The highest BCUT2D eigenvalue weighted by atomic mass is 35.5. The molecule has 0 saturated carbocycles. The molecule has 2 N–H and O–H groups in total. The quantitative estimate of drug-likeness (QED) is 0.626. The Morgan fingerprint density at radius 1 is 1.14 bits per heavy atom. The van der Waals surface area contributed by atoms with E-state index in [9.17, 15) is 4.79 Å². The first kappa shape index (κ1) is 21.0. The third-order valence-electron chi connectivity index (χ3n) is 4.88. The predicted molar refractivity (Wildman–Crippen MR) is 118 cm³/mol. The van der Waals surface area contributed by atoms with Gasteiger partial charge >= 0.3 is 0 Å². The molecule has 2 aromatic carbocycles. The second kappa shape index (κ2) is 9.16. The molecule has 5 nitrogen and oxygen atoms in total. The van der Waals surface area contributed by atoms with Crippen LogP contribution in [0.4, 0.5) is 0 Å². The van der Waals surface area contributed by atoms with Crippen LogP contribution in [0.3, 0.4) is 0 Å². The van der Waals surface area contributed by atoms with Crippen LogP contribution in [0, 0.1) is 6.92 Å². The average molecular weight is 413 g/mol. The number of amides is 1. The summed E-state index contributed by atoms with van der Waals surface area (Å²) in [5, 5.41) is 3.65. The highest BCUT2D eigenvalue weighted by Crippen LogP contribution is 2.33. The number of methoxy groups -OCH3 is 1. The Kier molecular flexibility index (Phi) is 6.62. The average Bonchev–Trinajstić information content (AvgIpc) is 3.05. The molecule has 0 aliphatic rings. The van der Waals surface area contributed by atoms with E-state index in [2.05, 4.69) is 19.4 Å². The molecule has 0 saturated heterocycles. The van der Waals surface area contributed by atoms with Crippen molar-refractivity contribution in [2.75, 3.05) is 34.3 Å². The first-order valence-corrected chi connectivity index (χ1v) is 9.99. The molecular formula is C23H27ClN3O2+. The number of benzene rings is 2. The first-order valence-electron chi connectivity index (χ1n) is 9.61. The lowest BCUT2D eigenvalue weighted by Crippen LogP contribution is -3.06. The summed E-state index contributed by atoms with van der Waals surface area (Å²) in [5.41, 5.74) is 4.21. The van der Waals surface area contributed by atoms with Crippen molar-refractivity contribution >= 4 is 17.5 Å². The Morgan fingerprint density at radius 3 is 2.45 bits per heavy atom. The number of para-hydroxylation sites is 1. The maximum absolute atomic E-state index is 12.9. The van der Waals surface area contributed by atoms with Gasteiger partial charge in [-0.1, -0.05) is 23.7 Å². The van der Waals surface area contributed by atoms with E-state index in [1.165, 1.54) is 4.90 Å². The molecule has 3 rings (SSSR count). The van der Waals surface area contributed by atoms with E-state index in [1.807, 2.05) is 66.1 Å². The molecule has 0 bridgehead atoms. The van der Waals surface area contributed by atoms with Crippen LogP contribution in [0.25, 0.3) is 16.9 Å². The summed E-state index contributed by atoms with van der Waals surface area (Å²) in [6, 6.07) is 17.4. The fourth-order valence-corrected chi connectivity index (χ4v) is 3.50. The third-order valence-corrected chi connectivity index (χ3v) is 5.20. The lowest BCUT2D eigenvalue weighted by Gasteiger charge is -2.14. The molecule has 1 amide bonds. The van der Waals surface area contributed by atoms with Crippen molar-refractivity contribution in [2.45, 2.75) is 6.92 Å². The summed E-state index contributed by atoms with van der Waals surface area (Å²) in [6.07, 6.45) is 0. The van der Waals surface area contributed by atoms with Crippen molar-refractivity contribution in [1.82, 2.24) is 9.88 Å². The van der Waals surface area contributed by atoms with Gasteiger partial charge in [-0.2, -0.15) is 0 Å². The zero-order chi connectivity index (χ0) is 21.0. The van der Waals surface area contributed by atoms with Gasteiger partial charge in [0.15, 0.2) is 0 Å². The number of hydrogen-bond donors (Lipinski definition) is 2. The zero-order valence-electron chi connectivity index (χ0n) is 17.3. The highest BCUT2D eigenvalue weighted by Gasteiger charge is 2.20. The van der Waals surface area contributed by atoms with Crippen molar-refractivity contribution in [2.24, 2.45) is 0 Å². The Morgan fingerprint density at radius 2 is 1.83 bits per heavy atom. The molecule has 29 heavy (non-hydrogen) atoms. The van der Waals surface area contributed by atoms with Gasteiger partial charge in [-0.15, -0.1) is 0 Å². The molecule has 0 radical (unpaired) electrons. The van der Waals surface area contributed by atoms with Gasteiger partial charge in [0.25, 0.3) is 5.91 Å². The van der Waals surface area contributed by atoms with Crippen molar-refractivity contribution in [3.05, 3.63) is 70.9 Å². The van der Waals surface area contributed by atoms with Crippen molar-refractivity contribution < 1.29 is 14.4 Å². The van der Waals surface area contributed by atoms with Gasteiger partial charge in [0.05, 0.1) is 56.3 Å². The normalized spacial score (nSPS) is 11.0. The monoisotopic (exact) mass is 412 g/mol. The lowest BCUT2D eigenvalue weighted by molar-refractivity contribution is -0.856. The van der Waals surface area contributed by atoms with E-state index in [-0.39, 0.29) is 5.91 Å². The maximum atomic E-state index is 12.9. The Bertz CT molecular complexity index is 994. The van der Waals surface area contributed by atoms with Crippen LogP contribution in [0.1, 0.15) is 16.1 Å². The highest BCUT2D eigenvalue weighted by molar-refractivity contribution is 6.32. The topological polar surface area (TPSA) is 47.7 Å². The van der Waals surface area contributed by atoms with Crippen LogP contribution in [-0.4, -0.2) is 44.8 Å². The molecule has 6 heteroatoms. The molecule has 152 valence electrons. The van der Waals surface area contributed by atoms with Crippen LogP contribution >= 0.6 is 11.6 Å². The molecule has 0 spiro atoms. The number of halogens is 1. The zero-order valence-corrected chi connectivity index (χ0v) is 18.0. The molecular weight excluding hydrogens is 386 g/mol. The summed E-state index contributed by atoms with van der Waals surface area (Å²) in [5.74, 6) is 0.704. The van der Waals surface area contributed by atoms with Gasteiger partial charge in [-0.05, 0) is 55.0 Å². The van der Waals surface area contributed by atoms with E-state index in [0.29, 0.717) is 17.1 Å². The molecule has 0 aliphatic carbocycles. The van der Waals surface area contributed by atoms with E-state index < -0.39 is 0 Å². The van der Waals surface area contributed by atoms with Crippen molar-refractivity contribution in [3.8, 4) is 22.7 Å². The molecule has 1 heterocycles. The SMILES string of the molecule is COc1ccc(-c2cc(C(=O)NCC[NH+](C)C)c(C)n2-c2ccccc2Cl)cc1. The molecule has 1 aromatic heterocycles. The van der Waals surface area contributed by atoms with Gasteiger partial charge in [0.2, 0.25) is 0 Å². The molecule has 0 unspecified atom stereocenters. The molecule has 0 aliphatic heterocycles. The predicted octanol–water partition coefficient (Wildman–Crippen LogP) is 2.99. The second-order valence-electron chi connectivity index (χ2n) is 7.26. The van der Waals surface area contributed by atoms with Crippen LogP contribution in [0.5, 0.6) is 5.75 Å². The summed E-state index contributed by atoms with van der Waals surface area (Å²) in [6.45, 7) is 3.43. The molecule has 0 atom stereocenters. The Labute approximate surface area is 176 Å². The van der Waals surface area contributed by atoms with E-state index in [0.717, 1.165) is 34.9 Å². The van der Waals surface area contributed by atoms with Gasteiger partial charge < -0.3 is 19.5 Å². The minimum Gasteiger partial charge on any atom is -0.497 e. The summed E-state index contributed by atoms with van der Waals surface area (Å²) in [4.78, 5) is 14.2. The number of likely N-dealkylation sites (N-methyl/N-ethyl adjacent to an activating group) is 1. The molecule has 3 aromatic rings. The van der Waals surface area contributed by atoms with E-state index in [1.54, 1.807) is 7.11 Å². The van der Waals surface area contributed by atoms with Crippen LogP contribution in [-0.2, 0) is 0 Å². The van der Waals surface area contributed by atoms with Crippen LogP contribution in [0.15, 0.2) is 54.6 Å². The van der Waals surface area contributed by atoms with Gasteiger partial charge in [-0.25, -0.2) is 0 Å². The number of aromatic nitrogens is 1. The summed E-state index contributed by atoms with van der Waals surface area (Å²) in [7, 11) is 5.77. The smallest absolute Gasteiger partial charge is 0.253 e. The number of hydrogen-bond acceptors (Lipinski definition) is 2.